The topological polar surface area (TPSA) is 98.0 Å². The highest BCUT2D eigenvalue weighted by Gasteiger charge is 2.53. The normalized spacial score (nSPS) is 23.2. The van der Waals surface area contributed by atoms with E-state index in [0.717, 1.165) is 17.5 Å². The van der Waals surface area contributed by atoms with Crippen molar-refractivity contribution in [2.24, 2.45) is 10.8 Å². The summed E-state index contributed by atoms with van der Waals surface area (Å²) in [5, 5.41) is 19.3. The van der Waals surface area contributed by atoms with Crippen molar-refractivity contribution in [3.8, 4) is 17.0 Å². The van der Waals surface area contributed by atoms with Crippen LogP contribution >= 0.6 is 0 Å². The van der Waals surface area contributed by atoms with Crippen LogP contribution in [0.5, 0.6) is 5.75 Å². The summed E-state index contributed by atoms with van der Waals surface area (Å²) >= 11 is 0. The van der Waals surface area contributed by atoms with Crippen molar-refractivity contribution in [2.45, 2.75) is 52.2 Å². The summed E-state index contributed by atoms with van der Waals surface area (Å²) < 4.78 is 13.8. The number of ether oxygens (including phenoxy) is 2. The third-order valence-corrected chi connectivity index (χ3v) is 6.89. The molecular formula is C25H31NO6. The summed E-state index contributed by atoms with van der Waals surface area (Å²) in [6, 6.07) is 7.18. The Morgan fingerprint density at radius 1 is 1.28 bits per heavy atom. The second kappa shape index (κ2) is 7.74. The number of aromatic carboxylic acids is 1. The van der Waals surface area contributed by atoms with E-state index >= 15 is 0 Å². The minimum atomic E-state index is -1.23. The van der Waals surface area contributed by atoms with Gasteiger partial charge in [-0.2, -0.15) is 0 Å². The molecule has 2 aliphatic rings. The van der Waals surface area contributed by atoms with Gasteiger partial charge < -0.3 is 24.3 Å². The Labute approximate surface area is 187 Å². The molecule has 0 bridgehead atoms. The summed E-state index contributed by atoms with van der Waals surface area (Å²) in [7, 11) is 1.59. The molecule has 1 aliphatic heterocycles. The van der Waals surface area contributed by atoms with Gasteiger partial charge in [0, 0.05) is 35.2 Å². The Hall–Kier alpha value is -2.64. The highest BCUT2D eigenvalue weighted by atomic mass is 16.5. The molecule has 1 aromatic carbocycles. The van der Waals surface area contributed by atoms with Crippen LogP contribution in [-0.2, 0) is 4.74 Å². The van der Waals surface area contributed by atoms with Crippen molar-refractivity contribution in [2.75, 3.05) is 20.3 Å². The van der Waals surface area contributed by atoms with Crippen LogP contribution in [-0.4, -0.2) is 47.2 Å². The number of carboxylic acids is 1. The molecule has 0 amide bonds. The van der Waals surface area contributed by atoms with E-state index in [1.165, 1.54) is 12.3 Å². The van der Waals surface area contributed by atoms with E-state index in [1.807, 2.05) is 36.6 Å². The lowest BCUT2D eigenvalue weighted by molar-refractivity contribution is -0.0248. The lowest BCUT2D eigenvalue weighted by Crippen LogP contribution is -2.34. The minimum absolute atomic E-state index is 0.0246. The fraction of sp³-hybridized carbons (Fsp3) is 0.520. The van der Waals surface area contributed by atoms with Gasteiger partial charge in [0.05, 0.1) is 32.1 Å². The predicted octanol–water partition coefficient (Wildman–Crippen LogP) is 3.69. The predicted molar refractivity (Wildman–Crippen MR) is 120 cm³/mol. The van der Waals surface area contributed by atoms with Crippen molar-refractivity contribution in [3.05, 3.63) is 51.8 Å². The zero-order valence-electron chi connectivity index (χ0n) is 19.2. The standard InChI is InChI=1S/C25H31NO6/c1-24(2,12-27)13-32-20-10-25(3,4)22-21(20)15-7-6-14(31-5)8-16(15)18-9-19(28)17(23(29)30)11-26(18)22/h6-9,11,20-22,27H,10,12-13H2,1-5H3,(H,29,30). The van der Waals surface area contributed by atoms with Crippen molar-refractivity contribution in [1.82, 2.24) is 4.57 Å². The van der Waals surface area contributed by atoms with Crippen molar-refractivity contribution in [3.63, 3.8) is 0 Å². The average Bonchev–Trinajstić information content (AvgIpc) is 3.02. The van der Waals surface area contributed by atoms with Crippen molar-refractivity contribution in [1.29, 1.82) is 0 Å². The van der Waals surface area contributed by atoms with Gasteiger partial charge in [-0.3, -0.25) is 4.79 Å². The molecule has 7 heteroatoms. The first-order chi connectivity index (χ1) is 15.0. The van der Waals surface area contributed by atoms with Gasteiger partial charge in [0.15, 0.2) is 5.43 Å². The van der Waals surface area contributed by atoms with Crippen LogP contribution in [0.4, 0.5) is 0 Å². The molecule has 3 unspecified atom stereocenters. The number of fused-ring (bicyclic) bond motifs is 6. The molecule has 32 heavy (non-hydrogen) atoms. The first-order valence-electron chi connectivity index (χ1n) is 10.9. The quantitative estimate of drug-likeness (QED) is 0.710. The van der Waals surface area contributed by atoms with Gasteiger partial charge in [0.1, 0.15) is 11.3 Å². The monoisotopic (exact) mass is 441 g/mol. The number of hydrogen-bond acceptors (Lipinski definition) is 5. The fourth-order valence-electron chi connectivity index (χ4n) is 5.25. The molecule has 4 rings (SSSR count). The van der Waals surface area contributed by atoms with Gasteiger partial charge in [0.2, 0.25) is 0 Å². The van der Waals surface area contributed by atoms with E-state index < -0.39 is 11.4 Å². The smallest absolute Gasteiger partial charge is 0.341 e. The SMILES string of the molecule is COc1ccc2c(c1)-c1cc(=O)c(C(=O)O)cn1C1C2C(OCC(C)(C)CO)CC1(C)C. The third kappa shape index (κ3) is 3.63. The highest BCUT2D eigenvalue weighted by molar-refractivity contribution is 5.88. The molecule has 7 nitrogen and oxygen atoms in total. The third-order valence-electron chi connectivity index (χ3n) is 6.89. The molecule has 172 valence electrons. The Balaban J connectivity index is 1.91. The Bertz CT molecular complexity index is 1120. The summed E-state index contributed by atoms with van der Waals surface area (Å²) in [6.07, 6.45) is 2.14. The van der Waals surface area contributed by atoms with Crippen molar-refractivity contribution >= 4 is 5.97 Å². The summed E-state index contributed by atoms with van der Waals surface area (Å²) in [6.45, 7) is 8.67. The molecule has 0 saturated heterocycles. The van der Waals surface area contributed by atoms with Crippen molar-refractivity contribution < 1.29 is 24.5 Å². The van der Waals surface area contributed by atoms with Gasteiger partial charge in [0.25, 0.3) is 0 Å². The largest absolute Gasteiger partial charge is 0.497 e. The van der Waals surface area contributed by atoms with Gasteiger partial charge in [-0.1, -0.05) is 33.8 Å². The van der Waals surface area contributed by atoms with Crippen LogP contribution in [0.1, 0.15) is 62.0 Å². The van der Waals surface area contributed by atoms with Gasteiger partial charge in [-0.15, -0.1) is 0 Å². The van der Waals surface area contributed by atoms with E-state index in [0.29, 0.717) is 18.1 Å². The van der Waals surface area contributed by atoms with E-state index in [-0.39, 0.29) is 41.1 Å². The molecule has 2 N–H and O–H groups in total. The zero-order chi connectivity index (χ0) is 23.4. The lowest BCUT2D eigenvalue weighted by Gasteiger charge is -2.40. The second-order valence-corrected chi connectivity index (χ2v) is 10.4. The second-order valence-electron chi connectivity index (χ2n) is 10.4. The lowest BCUT2D eigenvalue weighted by atomic mass is 9.77. The number of nitrogens with zero attached hydrogens (tertiary/aromatic N) is 1. The van der Waals surface area contributed by atoms with Gasteiger partial charge >= 0.3 is 5.97 Å². The number of methoxy groups -OCH3 is 1. The van der Waals surface area contributed by atoms with Crippen LogP contribution in [0.25, 0.3) is 11.3 Å². The van der Waals surface area contributed by atoms with E-state index in [2.05, 4.69) is 13.8 Å². The summed E-state index contributed by atoms with van der Waals surface area (Å²) in [4.78, 5) is 24.3. The molecule has 0 spiro atoms. The molecule has 0 radical (unpaired) electrons. The maximum atomic E-state index is 12.6. The van der Waals surface area contributed by atoms with Crippen LogP contribution in [0.2, 0.25) is 0 Å². The number of rotatable bonds is 6. The fourth-order valence-corrected chi connectivity index (χ4v) is 5.25. The number of aromatic nitrogens is 1. The van der Waals surface area contributed by atoms with Crippen LogP contribution in [0.15, 0.2) is 35.3 Å². The summed E-state index contributed by atoms with van der Waals surface area (Å²) in [5.41, 5.74) is 1.29. The number of benzene rings is 1. The number of aliphatic hydroxyl groups is 1. The Morgan fingerprint density at radius 3 is 2.62 bits per heavy atom. The zero-order valence-corrected chi connectivity index (χ0v) is 19.2. The number of hydrogen-bond donors (Lipinski definition) is 2. The Kier molecular flexibility index (Phi) is 5.46. The average molecular weight is 442 g/mol. The van der Waals surface area contributed by atoms with Gasteiger partial charge in [-0.05, 0) is 29.5 Å². The van der Waals surface area contributed by atoms with E-state index in [9.17, 15) is 19.8 Å². The maximum absolute atomic E-state index is 12.6. The molecular weight excluding hydrogens is 410 g/mol. The first kappa shape index (κ1) is 22.6. The number of carboxylic acid groups (broad SMARTS) is 1. The van der Waals surface area contributed by atoms with E-state index in [4.69, 9.17) is 9.47 Å². The van der Waals surface area contributed by atoms with Crippen LogP contribution < -0.4 is 10.2 Å². The highest BCUT2D eigenvalue weighted by Crippen LogP contribution is 2.60. The van der Waals surface area contributed by atoms with Crippen LogP contribution in [0.3, 0.4) is 0 Å². The molecule has 1 aliphatic carbocycles. The molecule has 1 saturated carbocycles. The first-order valence-corrected chi connectivity index (χ1v) is 10.9. The van der Waals surface area contributed by atoms with E-state index in [1.54, 1.807) is 7.11 Å². The molecule has 2 aromatic rings. The molecule has 2 heterocycles. The Morgan fingerprint density at radius 2 is 2.00 bits per heavy atom. The molecule has 3 atom stereocenters. The molecule has 1 fully saturated rings. The van der Waals surface area contributed by atoms with Crippen LogP contribution in [0, 0.1) is 10.8 Å². The molecule has 1 aromatic heterocycles. The van der Waals surface area contributed by atoms with Gasteiger partial charge in [-0.25, -0.2) is 4.79 Å². The number of pyridine rings is 1. The minimum Gasteiger partial charge on any atom is -0.497 e. The maximum Gasteiger partial charge on any atom is 0.341 e. The number of carbonyl (C=O) groups is 1. The summed E-state index contributed by atoms with van der Waals surface area (Å²) in [5.74, 6) is -0.594. The number of aliphatic hydroxyl groups excluding tert-OH is 1.